The van der Waals surface area contributed by atoms with Crippen LogP contribution in [0.2, 0.25) is 5.15 Å². The lowest BCUT2D eigenvalue weighted by molar-refractivity contribution is -0.198. The summed E-state index contributed by atoms with van der Waals surface area (Å²) in [5.74, 6) is -0.692. The Morgan fingerprint density at radius 3 is 2.62 bits per heavy atom. The number of ether oxygens (including phenoxy) is 4. The molecule has 4 aliphatic rings. The molecular weight excluding hydrogens is 522 g/mol. The van der Waals surface area contributed by atoms with Gasteiger partial charge < -0.3 is 33.3 Å². The van der Waals surface area contributed by atoms with Gasteiger partial charge in [-0.05, 0) is 78.3 Å². The summed E-state index contributed by atoms with van der Waals surface area (Å²) >= 11 is 6.32. The van der Waals surface area contributed by atoms with Crippen LogP contribution in [-0.2, 0) is 18.9 Å². The summed E-state index contributed by atoms with van der Waals surface area (Å²) in [5, 5.41) is 1.21. The zero-order valence-corrected chi connectivity index (χ0v) is 24.3. The molecule has 39 heavy (non-hydrogen) atoms. The third kappa shape index (κ3) is 5.38. The molecular formula is C28H40ClN5O5. The van der Waals surface area contributed by atoms with E-state index in [0.29, 0.717) is 5.15 Å². The van der Waals surface area contributed by atoms with Gasteiger partial charge in [0.05, 0.1) is 5.39 Å². The van der Waals surface area contributed by atoms with Crippen LogP contribution in [0.25, 0.3) is 11.0 Å². The Morgan fingerprint density at radius 2 is 1.87 bits per heavy atom. The number of nitrogens with zero attached hydrogens (tertiary/aromatic N) is 5. The maximum atomic E-state index is 12.6. The molecule has 0 aliphatic carbocycles. The predicted octanol–water partition coefficient (Wildman–Crippen LogP) is 4.62. The van der Waals surface area contributed by atoms with Gasteiger partial charge in [0.25, 0.3) is 0 Å². The molecule has 6 heterocycles. The molecule has 11 heteroatoms. The molecule has 0 radical (unpaired) electrons. The quantitative estimate of drug-likeness (QED) is 0.502. The molecule has 4 saturated heterocycles. The van der Waals surface area contributed by atoms with Crippen molar-refractivity contribution in [3.8, 4) is 0 Å². The van der Waals surface area contributed by atoms with Gasteiger partial charge in [-0.15, -0.1) is 0 Å². The molecule has 2 aromatic heterocycles. The highest BCUT2D eigenvalue weighted by atomic mass is 35.5. The third-order valence-corrected chi connectivity index (χ3v) is 8.82. The van der Waals surface area contributed by atoms with Crippen LogP contribution in [-0.4, -0.2) is 92.9 Å². The first-order valence-electron chi connectivity index (χ1n) is 14.1. The van der Waals surface area contributed by atoms with Gasteiger partial charge in [0, 0.05) is 32.4 Å². The van der Waals surface area contributed by atoms with Gasteiger partial charge in [-0.2, -0.15) is 0 Å². The molecule has 0 N–H and O–H groups in total. The molecule has 0 saturated carbocycles. The van der Waals surface area contributed by atoms with Gasteiger partial charge in [-0.1, -0.05) is 11.6 Å². The van der Waals surface area contributed by atoms with Crippen molar-refractivity contribution in [2.45, 2.75) is 96.2 Å². The van der Waals surface area contributed by atoms with E-state index in [9.17, 15) is 4.79 Å². The van der Waals surface area contributed by atoms with E-state index in [1.165, 1.54) is 12.7 Å². The average molecular weight is 562 g/mol. The van der Waals surface area contributed by atoms with Crippen LogP contribution in [0, 0.1) is 5.41 Å². The van der Waals surface area contributed by atoms with Crippen molar-refractivity contribution in [2.75, 3.05) is 32.7 Å². The highest BCUT2D eigenvalue weighted by Gasteiger charge is 2.56. The monoisotopic (exact) mass is 561 g/mol. The molecule has 214 valence electrons. The number of amides is 1. The number of rotatable bonds is 3. The highest BCUT2D eigenvalue weighted by Crippen LogP contribution is 2.46. The maximum absolute atomic E-state index is 12.6. The highest BCUT2D eigenvalue weighted by molar-refractivity contribution is 6.33. The van der Waals surface area contributed by atoms with Gasteiger partial charge in [0.2, 0.25) is 0 Å². The largest absolute Gasteiger partial charge is 0.444 e. The lowest BCUT2D eigenvalue weighted by Gasteiger charge is -2.48. The number of carbonyl (C=O) groups is 1. The zero-order valence-electron chi connectivity index (χ0n) is 23.6. The molecule has 1 amide bonds. The van der Waals surface area contributed by atoms with Crippen LogP contribution in [0.5, 0.6) is 0 Å². The molecule has 10 nitrogen and oxygen atoms in total. The summed E-state index contributed by atoms with van der Waals surface area (Å²) in [4.78, 5) is 25.6. The van der Waals surface area contributed by atoms with Crippen molar-refractivity contribution in [1.82, 2.24) is 24.3 Å². The van der Waals surface area contributed by atoms with Crippen molar-refractivity contribution >= 4 is 28.7 Å². The Kier molecular flexibility index (Phi) is 6.86. The van der Waals surface area contributed by atoms with Crippen molar-refractivity contribution < 1.29 is 23.7 Å². The fraction of sp³-hybridized carbons (Fsp3) is 0.750. The predicted molar refractivity (Wildman–Crippen MR) is 145 cm³/mol. The molecule has 4 aliphatic heterocycles. The lowest BCUT2D eigenvalue weighted by Crippen LogP contribution is -2.53. The van der Waals surface area contributed by atoms with Crippen molar-refractivity contribution in [2.24, 2.45) is 5.41 Å². The maximum Gasteiger partial charge on any atom is 0.410 e. The Bertz CT molecular complexity index is 1220. The van der Waals surface area contributed by atoms with E-state index in [0.717, 1.165) is 63.0 Å². The number of likely N-dealkylation sites (tertiary alicyclic amines) is 2. The molecule has 1 spiro atoms. The minimum atomic E-state index is -0.692. The number of fused-ring (bicyclic) bond motifs is 2. The number of carbonyl (C=O) groups excluding carboxylic acids is 1. The van der Waals surface area contributed by atoms with Crippen molar-refractivity contribution in [1.29, 1.82) is 0 Å². The summed E-state index contributed by atoms with van der Waals surface area (Å²) in [6, 6.07) is 1.92. The zero-order chi connectivity index (χ0) is 27.6. The topological polar surface area (TPSA) is 91.2 Å². The van der Waals surface area contributed by atoms with E-state index in [-0.39, 0.29) is 36.0 Å². The van der Waals surface area contributed by atoms with Crippen LogP contribution in [0.15, 0.2) is 18.6 Å². The fourth-order valence-corrected chi connectivity index (χ4v) is 6.99. The summed E-state index contributed by atoms with van der Waals surface area (Å²) in [7, 11) is 0. The first-order chi connectivity index (χ1) is 18.4. The summed E-state index contributed by atoms with van der Waals surface area (Å²) in [6.07, 6.45) is 6.56. The SMILES string of the molecule is CC(C)(C)OC(=O)N1CCC2(CCCN(C[C@H]3O[C@@H](n4ccc5c(Cl)ncnc54)[C@@H]4OC(C)(C)O[C@@H]43)C2)CC1. The van der Waals surface area contributed by atoms with Crippen LogP contribution in [0.1, 0.15) is 66.5 Å². The van der Waals surface area contributed by atoms with Crippen LogP contribution >= 0.6 is 11.6 Å². The second kappa shape index (κ2) is 9.83. The average Bonchev–Trinajstić information content (AvgIpc) is 3.51. The Balaban J connectivity index is 1.14. The second-order valence-electron chi connectivity index (χ2n) is 13.1. The van der Waals surface area contributed by atoms with Gasteiger partial charge in [0.15, 0.2) is 12.0 Å². The Hall–Kier alpha value is -1.98. The van der Waals surface area contributed by atoms with Crippen molar-refractivity contribution in [3.05, 3.63) is 23.7 Å². The van der Waals surface area contributed by atoms with Crippen LogP contribution in [0.4, 0.5) is 4.79 Å². The van der Waals surface area contributed by atoms with E-state index >= 15 is 0 Å². The first-order valence-corrected chi connectivity index (χ1v) is 14.5. The van der Waals surface area contributed by atoms with Gasteiger partial charge in [-0.25, -0.2) is 14.8 Å². The first kappa shape index (κ1) is 27.2. The van der Waals surface area contributed by atoms with E-state index in [2.05, 4.69) is 14.9 Å². The standard InChI is InChI=1S/C28H40ClN5O5/c1-26(2,3)39-25(35)33-13-9-28(10-14-33)8-6-11-32(16-28)15-19-20-21(38-27(4,5)37-20)24(36-19)34-12-7-18-22(29)30-17-31-23(18)34/h7,12,17,19-21,24H,6,8-11,13-16H2,1-5H3/t19-,20-,21-,24-/m1/s1. The number of hydrogen-bond acceptors (Lipinski definition) is 8. The van der Waals surface area contributed by atoms with Crippen LogP contribution < -0.4 is 0 Å². The molecule has 4 fully saturated rings. The minimum absolute atomic E-state index is 0.145. The number of piperidine rings is 2. The smallest absolute Gasteiger partial charge is 0.410 e. The summed E-state index contributed by atoms with van der Waals surface area (Å²) in [6.45, 7) is 13.9. The van der Waals surface area contributed by atoms with E-state index in [4.69, 9.17) is 30.5 Å². The fourth-order valence-electron chi connectivity index (χ4n) is 6.79. The lowest BCUT2D eigenvalue weighted by atomic mass is 9.72. The Labute approximate surface area is 234 Å². The summed E-state index contributed by atoms with van der Waals surface area (Å²) < 4.78 is 27.1. The van der Waals surface area contributed by atoms with Crippen LogP contribution in [0.3, 0.4) is 0 Å². The number of aromatic nitrogens is 3. The van der Waals surface area contributed by atoms with Gasteiger partial charge >= 0.3 is 6.09 Å². The molecule has 0 unspecified atom stereocenters. The molecule has 6 rings (SSSR count). The molecule has 0 aromatic carbocycles. The van der Waals surface area contributed by atoms with E-state index in [1.54, 1.807) is 0 Å². The number of hydrogen-bond donors (Lipinski definition) is 0. The summed E-state index contributed by atoms with van der Waals surface area (Å²) in [5.41, 5.74) is 0.462. The van der Waals surface area contributed by atoms with Gasteiger partial charge in [-0.3, -0.25) is 0 Å². The molecule has 2 aromatic rings. The van der Waals surface area contributed by atoms with Crippen molar-refractivity contribution in [3.63, 3.8) is 0 Å². The minimum Gasteiger partial charge on any atom is -0.444 e. The Morgan fingerprint density at radius 1 is 1.13 bits per heavy atom. The van der Waals surface area contributed by atoms with E-state index < -0.39 is 11.4 Å². The second-order valence-corrected chi connectivity index (χ2v) is 13.4. The normalized spacial score (nSPS) is 30.7. The third-order valence-electron chi connectivity index (χ3n) is 8.51. The van der Waals surface area contributed by atoms with Gasteiger partial charge in [0.1, 0.15) is 41.0 Å². The number of halogens is 1. The molecule has 0 bridgehead atoms. The molecule has 4 atom stereocenters. The van der Waals surface area contributed by atoms with E-state index in [1.807, 2.05) is 56.3 Å².